The zero-order chi connectivity index (χ0) is 20.3. The molecular formula is C21H24N3O4+. The summed E-state index contributed by atoms with van der Waals surface area (Å²) < 4.78 is 17.9. The summed E-state index contributed by atoms with van der Waals surface area (Å²) in [6, 6.07) is 12.4. The lowest BCUT2D eigenvalue weighted by Gasteiger charge is -2.12. The van der Waals surface area contributed by atoms with Crippen LogP contribution in [0.1, 0.15) is 12.5 Å². The van der Waals surface area contributed by atoms with Crippen LogP contribution in [0.5, 0.6) is 17.2 Å². The maximum Gasteiger partial charge on any atom is 0.318 e. The van der Waals surface area contributed by atoms with Crippen molar-refractivity contribution in [1.29, 1.82) is 0 Å². The van der Waals surface area contributed by atoms with Crippen LogP contribution in [0.2, 0.25) is 0 Å². The number of para-hydroxylation sites is 1. The van der Waals surface area contributed by atoms with Crippen LogP contribution in [-0.4, -0.2) is 56.9 Å². The molecule has 2 aromatic carbocycles. The van der Waals surface area contributed by atoms with Crippen molar-refractivity contribution in [1.82, 2.24) is 0 Å². The van der Waals surface area contributed by atoms with E-state index in [1.807, 2.05) is 49.0 Å². The summed E-state index contributed by atoms with van der Waals surface area (Å²) in [6.07, 6.45) is 1.63. The number of methoxy groups -OCH3 is 3. The van der Waals surface area contributed by atoms with E-state index in [4.69, 9.17) is 14.2 Å². The molecule has 0 spiro atoms. The lowest BCUT2D eigenvalue weighted by Crippen LogP contribution is -2.35. The molecule has 146 valence electrons. The number of hydrogen-bond donors (Lipinski definition) is 0. The molecule has 1 aliphatic heterocycles. The smallest absolute Gasteiger partial charge is 0.318 e. The lowest BCUT2D eigenvalue weighted by atomic mass is 10.1. The van der Waals surface area contributed by atoms with Gasteiger partial charge < -0.3 is 14.2 Å². The summed E-state index contributed by atoms with van der Waals surface area (Å²) in [7, 11) is 6.55. The zero-order valence-electron chi connectivity index (χ0n) is 16.7. The van der Waals surface area contributed by atoms with Crippen molar-refractivity contribution >= 4 is 23.5 Å². The molecule has 3 rings (SSSR count). The van der Waals surface area contributed by atoms with Gasteiger partial charge >= 0.3 is 5.91 Å². The molecule has 0 radical (unpaired) electrons. The normalized spacial score (nSPS) is 16.8. The summed E-state index contributed by atoms with van der Waals surface area (Å²) in [5.74, 6) is 1.59. The lowest BCUT2D eigenvalue weighted by molar-refractivity contribution is -0.495. The fourth-order valence-corrected chi connectivity index (χ4v) is 3.13. The highest BCUT2D eigenvalue weighted by Gasteiger charge is 2.44. The average molecular weight is 382 g/mol. The van der Waals surface area contributed by atoms with Crippen LogP contribution < -0.4 is 19.2 Å². The molecule has 0 unspecified atom stereocenters. The molecular weight excluding hydrogens is 358 g/mol. The van der Waals surface area contributed by atoms with E-state index in [1.165, 1.54) is 0 Å². The molecule has 0 fully saturated rings. The van der Waals surface area contributed by atoms with Gasteiger partial charge in [-0.3, -0.25) is 9.79 Å². The first-order valence-electron chi connectivity index (χ1n) is 8.81. The third kappa shape index (κ3) is 3.43. The van der Waals surface area contributed by atoms with Gasteiger partial charge in [-0.05, 0) is 18.2 Å². The molecule has 0 aliphatic carbocycles. The number of benzene rings is 2. The second kappa shape index (κ2) is 8.12. The van der Waals surface area contributed by atoms with Crippen LogP contribution >= 0.6 is 0 Å². The predicted octanol–water partition coefficient (Wildman–Crippen LogP) is 2.56. The monoisotopic (exact) mass is 382 g/mol. The van der Waals surface area contributed by atoms with Gasteiger partial charge in [-0.2, -0.15) is 0 Å². The highest BCUT2D eigenvalue weighted by molar-refractivity contribution is 6.15. The molecule has 2 aromatic rings. The minimum atomic E-state index is -0.608. The van der Waals surface area contributed by atoms with E-state index in [9.17, 15) is 4.79 Å². The Kier molecular flexibility index (Phi) is 5.63. The van der Waals surface area contributed by atoms with Crippen molar-refractivity contribution < 1.29 is 23.7 Å². The quantitative estimate of drug-likeness (QED) is 0.569. The molecule has 1 amide bonds. The van der Waals surface area contributed by atoms with Crippen molar-refractivity contribution in [3.05, 3.63) is 48.0 Å². The number of rotatable bonds is 6. The highest BCUT2D eigenvalue weighted by atomic mass is 16.5. The van der Waals surface area contributed by atoms with Crippen molar-refractivity contribution in [2.45, 2.75) is 13.0 Å². The Hall–Kier alpha value is -3.35. The van der Waals surface area contributed by atoms with Crippen LogP contribution in [0.25, 0.3) is 0 Å². The second-order valence-electron chi connectivity index (χ2n) is 6.28. The standard InChI is InChI=1S/C21H24N3O4/c1-14-20(21(25)24(23(14)2)16-9-7-6-8-10-16)22-13-15-11-18(27-4)19(28-5)12-17(15)26-3/h6-13,20H,1-5H3/q+1/t20-/m0/s1. The fourth-order valence-electron chi connectivity index (χ4n) is 3.13. The Labute approximate surface area is 164 Å². The van der Waals surface area contributed by atoms with E-state index in [0.717, 1.165) is 11.4 Å². The van der Waals surface area contributed by atoms with E-state index >= 15 is 0 Å². The van der Waals surface area contributed by atoms with Gasteiger partial charge in [-0.1, -0.05) is 23.2 Å². The number of carbonyl (C=O) groups is 1. The Morgan fingerprint density at radius 2 is 1.61 bits per heavy atom. The molecule has 7 nitrogen and oxygen atoms in total. The van der Waals surface area contributed by atoms with Gasteiger partial charge in [-0.15, -0.1) is 4.68 Å². The Morgan fingerprint density at radius 3 is 2.21 bits per heavy atom. The topological polar surface area (TPSA) is 63.4 Å². The number of nitrogens with zero attached hydrogens (tertiary/aromatic N) is 3. The molecule has 0 saturated carbocycles. The third-order valence-electron chi connectivity index (χ3n) is 4.75. The molecule has 0 bridgehead atoms. The largest absolute Gasteiger partial charge is 0.496 e. The summed E-state index contributed by atoms with van der Waals surface area (Å²) in [5.41, 5.74) is 2.34. The Balaban J connectivity index is 1.94. The predicted molar refractivity (Wildman–Crippen MR) is 108 cm³/mol. The number of anilines is 1. The number of carbonyl (C=O) groups excluding carboxylic acids is 1. The summed E-state index contributed by atoms with van der Waals surface area (Å²) in [6.45, 7) is 1.90. The van der Waals surface area contributed by atoms with Gasteiger partial charge in [0.05, 0.1) is 21.3 Å². The van der Waals surface area contributed by atoms with Crippen LogP contribution in [0.3, 0.4) is 0 Å². The molecule has 0 N–H and O–H groups in total. The van der Waals surface area contributed by atoms with Gasteiger partial charge in [0.2, 0.25) is 11.8 Å². The maximum absolute atomic E-state index is 13.0. The maximum atomic E-state index is 13.0. The second-order valence-corrected chi connectivity index (χ2v) is 6.28. The summed E-state index contributed by atoms with van der Waals surface area (Å²) in [4.78, 5) is 17.5. The third-order valence-corrected chi connectivity index (χ3v) is 4.75. The van der Waals surface area contributed by atoms with E-state index < -0.39 is 6.04 Å². The van der Waals surface area contributed by atoms with Gasteiger partial charge in [0, 0.05) is 24.8 Å². The Morgan fingerprint density at radius 1 is 1.00 bits per heavy atom. The van der Waals surface area contributed by atoms with Crippen molar-refractivity contribution in [2.24, 2.45) is 4.99 Å². The van der Waals surface area contributed by atoms with Gasteiger partial charge in [0.25, 0.3) is 0 Å². The average Bonchev–Trinajstić information content (AvgIpc) is 2.94. The number of amides is 1. The van der Waals surface area contributed by atoms with Gasteiger partial charge in [0.1, 0.15) is 11.4 Å². The van der Waals surface area contributed by atoms with Gasteiger partial charge in [0.15, 0.2) is 18.5 Å². The summed E-state index contributed by atoms with van der Waals surface area (Å²) in [5, 5.41) is 1.63. The molecule has 1 aliphatic rings. The van der Waals surface area contributed by atoms with E-state index in [0.29, 0.717) is 22.8 Å². The molecule has 1 heterocycles. The van der Waals surface area contributed by atoms with E-state index in [1.54, 1.807) is 44.7 Å². The molecule has 28 heavy (non-hydrogen) atoms. The molecule has 1 atom stereocenters. The first-order valence-corrected chi connectivity index (χ1v) is 8.81. The van der Waals surface area contributed by atoms with E-state index in [2.05, 4.69) is 4.99 Å². The number of hydrogen-bond acceptors (Lipinski definition) is 5. The minimum absolute atomic E-state index is 0.109. The number of hydrazine groups is 1. The molecule has 7 heteroatoms. The zero-order valence-corrected chi connectivity index (χ0v) is 16.7. The van der Waals surface area contributed by atoms with Crippen LogP contribution in [-0.2, 0) is 4.79 Å². The minimum Gasteiger partial charge on any atom is -0.496 e. The number of hydrazone groups is 1. The molecule has 0 saturated heterocycles. The first kappa shape index (κ1) is 19.4. The fraction of sp³-hybridized carbons (Fsp3) is 0.286. The molecule has 0 aromatic heterocycles. The first-order chi connectivity index (χ1) is 13.5. The van der Waals surface area contributed by atoms with Crippen LogP contribution in [0.15, 0.2) is 47.5 Å². The number of aliphatic imine (C=N–C) groups is 1. The Bertz CT molecular complexity index is 938. The highest BCUT2D eigenvalue weighted by Crippen LogP contribution is 2.34. The number of ether oxygens (including phenoxy) is 3. The van der Waals surface area contributed by atoms with Crippen LogP contribution in [0.4, 0.5) is 5.69 Å². The van der Waals surface area contributed by atoms with Gasteiger partial charge in [-0.25, -0.2) is 0 Å². The van der Waals surface area contributed by atoms with E-state index in [-0.39, 0.29) is 5.91 Å². The SMILES string of the molecule is COc1cc(OC)c(OC)cc1C=N[C@@H]1C(=O)N(c2ccccc2)[N+](C)=C1C. The van der Waals surface area contributed by atoms with Crippen molar-refractivity contribution in [3.8, 4) is 17.2 Å². The van der Waals surface area contributed by atoms with Crippen LogP contribution in [0, 0.1) is 0 Å². The van der Waals surface area contributed by atoms with Crippen molar-refractivity contribution in [2.75, 3.05) is 33.4 Å². The van der Waals surface area contributed by atoms with Crippen molar-refractivity contribution in [3.63, 3.8) is 0 Å². The summed E-state index contributed by atoms with van der Waals surface area (Å²) >= 11 is 0.